The van der Waals surface area contributed by atoms with Crippen LogP contribution in [0.15, 0.2) is 10.9 Å². The summed E-state index contributed by atoms with van der Waals surface area (Å²) in [5, 5.41) is 5.95. The van der Waals surface area contributed by atoms with Crippen LogP contribution in [0.1, 0.15) is 32.6 Å². The summed E-state index contributed by atoms with van der Waals surface area (Å²) in [6.07, 6.45) is 1.15. The van der Waals surface area contributed by atoms with Crippen molar-refractivity contribution in [2.75, 3.05) is 0 Å². The van der Waals surface area contributed by atoms with Crippen molar-refractivity contribution in [3.63, 3.8) is 0 Å². The fraction of sp³-hybridized carbons (Fsp3) is 0.625. The van der Waals surface area contributed by atoms with Crippen molar-refractivity contribution in [1.82, 2.24) is 15.5 Å². The van der Waals surface area contributed by atoms with Gasteiger partial charge in [-0.3, -0.25) is 4.79 Å². The van der Waals surface area contributed by atoms with Crippen molar-refractivity contribution in [3.05, 3.63) is 12.2 Å². The van der Waals surface area contributed by atoms with Crippen LogP contribution in [0.25, 0.3) is 0 Å². The molecule has 0 saturated carbocycles. The highest BCUT2D eigenvalue weighted by Crippen LogP contribution is 2.12. The van der Waals surface area contributed by atoms with E-state index in [4.69, 9.17) is 0 Å². The number of alkyl halides is 1. The zero-order valence-electron chi connectivity index (χ0n) is 8.24. The minimum atomic E-state index is -1.90. The molecular weight excluding hydrogens is 189 g/mol. The number of carbonyl (C=O) groups excluding carboxylic acids is 1. The van der Waals surface area contributed by atoms with Gasteiger partial charge in [0.15, 0.2) is 11.5 Å². The summed E-state index contributed by atoms with van der Waals surface area (Å²) in [6.45, 7) is 4.02. The second kappa shape index (κ2) is 3.73. The second-order valence-corrected chi connectivity index (χ2v) is 3.46. The lowest BCUT2D eigenvalue weighted by molar-refractivity contribution is -0.131. The number of hydrogen-bond donors (Lipinski definition) is 1. The molecule has 1 heterocycles. The molecule has 1 aromatic rings. The molecule has 78 valence electrons. The molecule has 1 N–H and O–H groups in total. The Bertz CT molecular complexity index is 305. The molecule has 0 fully saturated rings. The number of rotatable bonds is 3. The lowest BCUT2D eigenvalue weighted by Crippen LogP contribution is -2.40. The zero-order chi connectivity index (χ0) is 10.8. The van der Waals surface area contributed by atoms with Crippen molar-refractivity contribution >= 4 is 5.91 Å². The summed E-state index contributed by atoms with van der Waals surface area (Å²) in [6, 6.07) is -0.462. The summed E-state index contributed by atoms with van der Waals surface area (Å²) < 4.78 is 17.6. The van der Waals surface area contributed by atoms with E-state index in [2.05, 4.69) is 20.0 Å². The summed E-state index contributed by atoms with van der Waals surface area (Å²) in [5.41, 5.74) is -1.90. The fourth-order valence-electron chi connectivity index (χ4n) is 0.802. The Labute approximate surface area is 80.7 Å². The summed E-state index contributed by atoms with van der Waals surface area (Å²) >= 11 is 0. The van der Waals surface area contributed by atoms with Crippen LogP contribution in [0.3, 0.4) is 0 Å². The largest absolute Gasteiger partial charge is 0.343 e. The van der Waals surface area contributed by atoms with Crippen molar-refractivity contribution in [2.24, 2.45) is 0 Å². The van der Waals surface area contributed by atoms with Gasteiger partial charge >= 0.3 is 0 Å². The van der Waals surface area contributed by atoms with Crippen LogP contribution < -0.4 is 5.32 Å². The van der Waals surface area contributed by atoms with Gasteiger partial charge in [-0.15, -0.1) is 0 Å². The first kappa shape index (κ1) is 10.6. The quantitative estimate of drug-likeness (QED) is 0.791. The van der Waals surface area contributed by atoms with Gasteiger partial charge in [0, 0.05) is 0 Å². The number of carbonyl (C=O) groups is 1. The molecule has 0 spiro atoms. The molecule has 1 aromatic heterocycles. The molecule has 0 bridgehead atoms. The molecule has 0 saturated heterocycles. The molecule has 1 amide bonds. The van der Waals surface area contributed by atoms with Gasteiger partial charge in [0.1, 0.15) is 0 Å². The molecule has 1 atom stereocenters. The van der Waals surface area contributed by atoms with E-state index in [0.717, 1.165) is 6.39 Å². The Morgan fingerprint density at radius 1 is 1.71 bits per heavy atom. The molecular formula is C8H12FN3O2. The van der Waals surface area contributed by atoms with E-state index in [1.807, 2.05) is 0 Å². The lowest BCUT2D eigenvalue weighted by atomic mass is 10.1. The predicted octanol–water partition coefficient (Wildman–Crippen LogP) is 0.995. The summed E-state index contributed by atoms with van der Waals surface area (Å²) in [4.78, 5) is 14.9. The van der Waals surface area contributed by atoms with E-state index in [9.17, 15) is 9.18 Å². The monoisotopic (exact) mass is 201 g/mol. The minimum Gasteiger partial charge on any atom is -0.343 e. The number of aromatic nitrogens is 2. The van der Waals surface area contributed by atoms with Gasteiger partial charge in [-0.25, -0.2) is 4.39 Å². The second-order valence-electron chi connectivity index (χ2n) is 3.46. The van der Waals surface area contributed by atoms with Gasteiger partial charge < -0.3 is 9.84 Å². The van der Waals surface area contributed by atoms with Crippen molar-refractivity contribution in [2.45, 2.75) is 32.5 Å². The Morgan fingerprint density at radius 2 is 2.36 bits per heavy atom. The highest BCUT2D eigenvalue weighted by molar-refractivity contribution is 5.84. The Morgan fingerprint density at radius 3 is 2.79 bits per heavy atom. The molecule has 0 aliphatic carbocycles. The standard InChI is InChI=1S/C8H12FN3O2/c1-5(6-10-4-14-12-6)11-7(13)8(2,3)9/h4-5H,1-3H3,(H,11,13). The topological polar surface area (TPSA) is 68.0 Å². The third-order valence-corrected chi connectivity index (χ3v) is 1.65. The molecule has 1 rings (SSSR count). The van der Waals surface area contributed by atoms with Gasteiger partial charge in [-0.1, -0.05) is 5.16 Å². The van der Waals surface area contributed by atoms with E-state index in [1.54, 1.807) is 6.92 Å². The Hall–Kier alpha value is -1.46. The fourth-order valence-corrected chi connectivity index (χ4v) is 0.802. The lowest BCUT2D eigenvalue weighted by Gasteiger charge is -2.16. The maximum Gasteiger partial charge on any atom is 0.257 e. The van der Waals surface area contributed by atoms with Crippen LogP contribution in [0.2, 0.25) is 0 Å². The van der Waals surface area contributed by atoms with Crippen LogP contribution >= 0.6 is 0 Å². The van der Waals surface area contributed by atoms with Crippen LogP contribution in [-0.4, -0.2) is 21.7 Å². The summed E-state index contributed by atoms with van der Waals surface area (Å²) in [5.74, 6) is -0.377. The number of nitrogens with one attached hydrogen (secondary N) is 1. The van der Waals surface area contributed by atoms with Gasteiger partial charge in [0.05, 0.1) is 6.04 Å². The number of halogens is 1. The maximum absolute atomic E-state index is 13.1. The minimum absolute atomic E-state index is 0.322. The first-order valence-electron chi connectivity index (χ1n) is 4.17. The van der Waals surface area contributed by atoms with E-state index >= 15 is 0 Å². The average Bonchev–Trinajstić information content (AvgIpc) is 2.53. The van der Waals surface area contributed by atoms with Gasteiger partial charge in [-0.2, -0.15) is 4.98 Å². The van der Waals surface area contributed by atoms with Crippen LogP contribution in [0, 0.1) is 0 Å². The highest BCUT2D eigenvalue weighted by atomic mass is 19.1. The average molecular weight is 201 g/mol. The smallest absolute Gasteiger partial charge is 0.257 e. The van der Waals surface area contributed by atoms with Crippen LogP contribution in [0.4, 0.5) is 4.39 Å². The first-order chi connectivity index (χ1) is 6.41. The van der Waals surface area contributed by atoms with Crippen molar-refractivity contribution in [3.8, 4) is 0 Å². The van der Waals surface area contributed by atoms with Gasteiger partial charge in [0.25, 0.3) is 5.91 Å². The van der Waals surface area contributed by atoms with Gasteiger partial charge in [0.2, 0.25) is 6.39 Å². The van der Waals surface area contributed by atoms with E-state index < -0.39 is 17.6 Å². The molecule has 1 unspecified atom stereocenters. The van der Waals surface area contributed by atoms with Crippen LogP contribution in [0.5, 0.6) is 0 Å². The third kappa shape index (κ3) is 2.51. The molecule has 0 aromatic carbocycles. The van der Waals surface area contributed by atoms with Crippen molar-refractivity contribution < 1.29 is 13.7 Å². The first-order valence-corrected chi connectivity index (χ1v) is 4.17. The molecule has 0 aliphatic rings. The van der Waals surface area contributed by atoms with Crippen LogP contribution in [-0.2, 0) is 4.79 Å². The molecule has 14 heavy (non-hydrogen) atoms. The highest BCUT2D eigenvalue weighted by Gasteiger charge is 2.28. The van der Waals surface area contributed by atoms with E-state index in [1.165, 1.54) is 13.8 Å². The van der Waals surface area contributed by atoms with Gasteiger partial charge in [-0.05, 0) is 20.8 Å². The predicted molar refractivity (Wildman–Crippen MR) is 46.0 cm³/mol. The Balaban J connectivity index is 2.58. The third-order valence-electron chi connectivity index (χ3n) is 1.65. The number of nitrogens with zero attached hydrogens (tertiary/aromatic N) is 2. The Kier molecular flexibility index (Phi) is 2.83. The number of hydrogen-bond acceptors (Lipinski definition) is 4. The van der Waals surface area contributed by atoms with E-state index in [0.29, 0.717) is 5.82 Å². The maximum atomic E-state index is 13.1. The van der Waals surface area contributed by atoms with E-state index in [-0.39, 0.29) is 0 Å². The molecule has 5 nitrogen and oxygen atoms in total. The molecule has 0 aliphatic heterocycles. The SMILES string of the molecule is CC(NC(=O)C(C)(C)F)c1ncon1. The molecule has 6 heteroatoms. The van der Waals surface area contributed by atoms with Crippen molar-refractivity contribution in [1.29, 1.82) is 0 Å². The number of amides is 1. The molecule has 0 radical (unpaired) electrons. The summed E-state index contributed by atoms with van der Waals surface area (Å²) in [7, 11) is 0. The zero-order valence-corrected chi connectivity index (χ0v) is 8.24. The normalized spacial score (nSPS) is 13.7.